The molecule has 1 aliphatic heterocycles. The molecule has 0 amide bonds. The van der Waals surface area contributed by atoms with Crippen molar-refractivity contribution in [2.24, 2.45) is 5.41 Å². The highest BCUT2D eigenvalue weighted by atomic mass is 16.5. The lowest BCUT2D eigenvalue weighted by Crippen LogP contribution is -2.42. The normalized spacial score (nSPS) is 23.2. The molecular formula is C17H25NO3. The van der Waals surface area contributed by atoms with E-state index in [0.717, 1.165) is 31.4 Å². The van der Waals surface area contributed by atoms with E-state index < -0.39 is 0 Å². The third-order valence-electron chi connectivity index (χ3n) is 4.41. The highest BCUT2D eigenvalue weighted by Gasteiger charge is 2.36. The monoisotopic (exact) mass is 291 g/mol. The van der Waals surface area contributed by atoms with Crippen LogP contribution in [-0.4, -0.2) is 51.1 Å². The zero-order valence-electron chi connectivity index (χ0n) is 13.2. The molecule has 2 atom stereocenters. The van der Waals surface area contributed by atoms with Gasteiger partial charge in [0.1, 0.15) is 12.0 Å². The number of nitrogens with zero attached hydrogens (tertiary/aromatic N) is 1. The van der Waals surface area contributed by atoms with Crippen molar-refractivity contribution >= 4 is 6.29 Å². The first-order valence-corrected chi connectivity index (χ1v) is 7.46. The van der Waals surface area contributed by atoms with E-state index in [0.29, 0.717) is 19.3 Å². The van der Waals surface area contributed by atoms with Crippen molar-refractivity contribution in [3.8, 4) is 5.75 Å². The Balaban J connectivity index is 1.99. The minimum Gasteiger partial charge on any atom is -0.496 e. The molecule has 0 saturated carbocycles. The molecule has 0 bridgehead atoms. The predicted octanol–water partition coefficient (Wildman–Crippen LogP) is 2.16. The van der Waals surface area contributed by atoms with Crippen LogP contribution in [0.25, 0.3) is 0 Å². The Bertz CT molecular complexity index is 469. The van der Waals surface area contributed by atoms with Gasteiger partial charge in [0.15, 0.2) is 0 Å². The van der Waals surface area contributed by atoms with Gasteiger partial charge in [0.25, 0.3) is 0 Å². The molecule has 1 aliphatic rings. The van der Waals surface area contributed by atoms with Crippen LogP contribution >= 0.6 is 0 Å². The second kappa shape index (κ2) is 7.05. The SMILES string of the molecule is COc1ccccc1CC(C)N(C)CC1(C=O)CCOC1. The number of likely N-dealkylation sites (N-methyl/N-ethyl adjacent to an activating group) is 1. The average molecular weight is 291 g/mol. The van der Waals surface area contributed by atoms with Gasteiger partial charge in [0.2, 0.25) is 0 Å². The number of carbonyl (C=O) groups excluding carboxylic acids is 1. The molecule has 1 saturated heterocycles. The van der Waals surface area contributed by atoms with E-state index in [1.165, 1.54) is 5.56 Å². The summed E-state index contributed by atoms with van der Waals surface area (Å²) in [5, 5.41) is 0. The van der Waals surface area contributed by atoms with Gasteiger partial charge in [-0.15, -0.1) is 0 Å². The smallest absolute Gasteiger partial charge is 0.129 e. The van der Waals surface area contributed by atoms with E-state index in [9.17, 15) is 4.79 Å². The van der Waals surface area contributed by atoms with E-state index in [4.69, 9.17) is 9.47 Å². The number of para-hydroxylation sites is 1. The summed E-state index contributed by atoms with van der Waals surface area (Å²) < 4.78 is 10.8. The van der Waals surface area contributed by atoms with Gasteiger partial charge in [-0.3, -0.25) is 0 Å². The minimum atomic E-state index is -0.330. The van der Waals surface area contributed by atoms with Gasteiger partial charge in [0, 0.05) is 19.2 Å². The molecule has 1 fully saturated rings. The van der Waals surface area contributed by atoms with E-state index in [2.05, 4.69) is 24.9 Å². The molecule has 0 spiro atoms. The molecule has 0 N–H and O–H groups in total. The van der Waals surface area contributed by atoms with E-state index in [1.54, 1.807) is 7.11 Å². The number of rotatable bonds is 7. The number of aldehydes is 1. The largest absolute Gasteiger partial charge is 0.496 e. The van der Waals surface area contributed by atoms with Crippen LogP contribution in [0.2, 0.25) is 0 Å². The Morgan fingerprint density at radius 2 is 2.24 bits per heavy atom. The lowest BCUT2D eigenvalue weighted by atomic mass is 9.88. The highest BCUT2D eigenvalue weighted by molar-refractivity contribution is 5.60. The Morgan fingerprint density at radius 3 is 2.86 bits per heavy atom. The van der Waals surface area contributed by atoms with Gasteiger partial charge in [-0.25, -0.2) is 0 Å². The van der Waals surface area contributed by atoms with Crippen molar-refractivity contribution in [2.75, 3.05) is 33.9 Å². The summed E-state index contributed by atoms with van der Waals surface area (Å²) in [6.07, 6.45) is 2.80. The second-order valence-corrected chi connectivity index (χ2v) is 6.06. The van der Waals surface area contributed by atoms with E-state index >= 15 is 0 Å². The molecular weight excluding hydrogens is 266 g/mol. The first-order chi connectivity index (χ1) is 10.1. The van der Waals surface area contributed by atoms with Crippen LogP contribution in [0.3, 0.4) is 0 Å². The Kier molecular flexibility index (Phi) is 5.37. The molecule has 1 aromatic carbocycles. The maximum atomic E-state index is 11.4. The summed E-state index contributed by atoms with van der Waals surface area (Å²) in [4.78, 5) is 13.7. The first kappa shape index (κ1) is 16.0. The summed E-state index contributed by atoms with van der Waals surface area (Å²) in [7, 11) is 3.77. The van der Waals surface area contributed by atoms with Gasteiger partial charge < -0.3 is 19.2 Å². The van der Waals surface area contributed by atoms with Gasteiger partial charge >= 0.3 is 0 Å². The third kappa shape index (κ3) is 3.83. The minimum absolute atomic E-state index is 0.330. The zero-order valence-corrected chi connectivity index (χ0v) is 13.2. The number of hydrogen-bond donors (Lipinski definition) is 0. The van der Waals surface area contributed by atoms with Crippen molar-refractivity contribution < 1.29 is 14.3 Å². The van der Waals surface area contributed by atoms with E-state index in [1.807, 2.05) is 18.2 Å². The van der Waals surface area contributed by atoms with Crippen LogP contribution in [0.15, 0.2) is 24.3 Å². The number of methoxy groups -OCH3 is 1. The van der Waals surface area contributed by atoms with Crippen molar-refractivity contribution in [1.29, 1.82) is 0 Å². The highest BCUT2D eigenvalue weighted by Crippen LogP contribution is 2.28. The van der Waals surface area contributed by atoms with Crippen LogP contribution in [0.1, 0.15) is 18.9 Å². The van der Waals surface area contributed by atoms with Crippen molar-refractivity contribution in [2.45, 2.75) is 25.8 Å². The molecule has 0 radical (unpaired) electrons. The Morgan fingerprint density at radius 1 is 1.48 bits per heavy atom. The molecule has 2 unspecified atom stereocenters. The quantitative estimate of drug-likeness (QED) is 0.722. The molecule has 116 valence electrons. The predicted molar refractivity (Wildman–Crippen MR) is 82.7 cm³/mol. The molecule has 2 rings (SSSR count). The third-order valence-corrected chi connectivity index (χ3v) is 4.41. The average Bonchev–Trinajstić information content (AvgIpc) is 2.96. The van der Waals surface area contributed by atoms with Crippen LogP contribution in [0, 0.1) is 5.41 Å². The van der Waals surface area contributed by atoms with Crippen molar-refractivity contribution in [3.63, 3.8) is 0 Å². The molecule has 0 aliphatic carbocycles. The van der Waals surface area contributed by atoms with Gasteiger partial charge in [-0.05, 0) is 38.4 Å². The fourth-order valence-electron chi connectivity index (χ4n) is 2.88. The molecule has 1 heterocycles. The molecule has 4 heteroatoms. The number of benzene rings is 1. The van der Waals surface area contributed by atoms with Crippen LogP contribution in [0.5, 0.6) is 5.75 Å². The zero-order chi connectivity index (χ0) is 15.3. The lowest BCUT2D eigenvalue weighted by molar-refractivity contribution is -0.117. The summed E-state index contributed by atoms with van der Waals surface area (Å²) in [6, 6.07) is 8.42. The number of carbonyl (C=O) groups is 1. The molecule has 0 aromatic heterocycles. The van der Waals surface area contributed by atoms with Crippen molar-refractivity contribution in [1.82, 2.24) is 4.90 Å². The van der Waals surface area contributed by atoms with E-state index in [-0.39, 0.29) is 5.41 Å². The number of ether oxygens (including phenoxy) is 2. The van der Waals surface area contributed by atoms with Crippen LogP contribution in [-0.2, 0) is 16.0 Å². The molecule has 1 aromatic rings. The van der Waals surface area contributed by atoms with Crippen LogP contribution in [0.4, 0.5) is 0 Å². The lowest BCUT2D eigenvalue weighted by Gasteiger charge is -2.32. The molecule has 4 nitrogen and oxygen atoms in total. The maximum absolute atomic E-state index is 11.4. The fourth-order valence-corrected chi connectivity index (χ4v) is 2.88. The summed E-state index contributed by atoms with van der Waals surface area (Å²) >= 11 is 0. The second-order valence-electron chi connectivity index (χ2n) is 6.06. The Labute approximate surface area is 127 Å². The van der Waals surface area contributed by atoms with Gasteiger partial charge in [-0.2, -0.15) is 0 Å². The Hall–Kier alpha value is -1.39. The van der Waals surface area contributed by atoms with Gasteiger partial charge in [-0.1, -0.05) is 18.2 Å². The van der Waals surface area contributed by atoms with Crippen molar-refractivity contribution in [3.05, 3.63) is 29.8 Å². The fraction of sp³-hybridized carbons (Fsp3) is 0.588. The van der Waals surface area contributed by atoms with Crippen LogP contribution < -0.4 is 4.74 Å². The topological polar surface area (TPSA) is 38.8 Å². The summed E-state index contributed by atoms with van der Waals surface area (Å²) in [6.45, 7) is 4.16. The molecule has 21 heavy (non-hydrogen) atoms. The summed E-state index contributed by atoms with van der Waals surface area (Å²) in [5.74, 6) is 0.923. The number of hydrogen-bond acceptors (Lipinski definition) is 4. The van der Waals surface area contributed by atoms with Gasteiger partial charge in [0.05, 0.1) is 19.1 Å². The maximum Gasteiger partial charge on any atom is 0.129 e. The standard InChI is InChI=1S/C17H25NO3/c1-14(10-15-6-4-5-7-16(15)20-3)18(2)11-17(12-19)8-9-21-13-17/h4-7,12,14H,8-11,13H2,1-3H3. The summed E-state index contributed by atoms with van der Waals surface area (Å²) in [5.41, 5.74) is 0.867. The first-order valence-electron chi connectivity index (χ1n) is 7.46.